The molecule has 0 fully saturated rings. The van der Waals surface area contributed by atoms with Crippen molar-refractivity contribution >= 4 is 5.97 Å². The van der Waals surface area contributed by atoms with E-state index >= 15 is 0 Å². The average Bonchev–Trinajstić information content (AvgIpc) is 2.26. The van der Waals surface area contributed by atoms with Gasteiger partial charge in [0.25, 0.3) is 0 Å². The number of ether oxygens (including phenoxy) is 2. The van der Waals surface area contributed by atoms with Gasteiger partial charge in [-0.05, 0) is 18.7 Å². The lowest BCUT2D eigenvalue weighted by Gasteiger charge is -2.07. The number of carboxylic acid groups (broad SMARTS) is 1. The van der Waals surface area contributed by atoms with Gasteiger partial charge in [-0.3, -0.25) is 0 Å². The van der Waals surface area contributed by atoms with Crippen LogP contribution in [-0.4, -0.2) is 22.9 Å². The van der Waals surface area contributed by atoms with Gasteiger partial charge in [0.05, 0.1) is 0 Å². The molecule has 0 radical (unpaired) electrons. The summed E-state index contributed by atoms with van der Waals surface area (Å²) in [6.45, 7) is 2.80. The van der Waals surface area contributed by atoms with E-state index in [1.165, 1.54) is 6.07 Å². The molecule has 0 amide bonds. The molecule has 0 unspecified atom stereocenters. The SMILES string of the molecule is C=C(OO)Oc1cccc(OCC(=O)O)c1. The highest BCUT2D eigenvalue weighted by atomic mass is 17.1. The van der Waals surface area contributed by atoms with Crippen LogP contribution in [0.25, 0.3) is 0 Å². The fourth-order valence-electron chi connectivity index (χ4n) is 0.923. The van der Waals surface area contributed by atoms with E-state index in [1.807, 2.05) is 0 Å². The van der Waals surface area contributed by atoms with E-state index in [9.17, 15) is 4.79 Å². The first-order valence-corrected chi connectivity index (χ1v) is 4.24. The summed E-state index contributed by atoms with van der Waals surface area (Å²) in [4.78, 5) is 14.0. The Hall–Kier alpha value is -2.21. The molecule has 0 saturated heterocycles. The minimum absolute atomic E-state index is 0.296. The van der Waals surface area contributed by atoms with Crippen LogP contribution in [-0.2, 0) is 9.68 Å². The van der Waals surface area contributed by atoms with Gasteiger partial charge in [-0.15, -0.1) is 0 Å². The zero-order valence-electron chi connectivity index (χ0n) is 8.25. The van der Waals surface area contributed by atoms with Crippen LogP contribution in [0, 0.1) is 0 Å². The Morgan fingerprint density at radius 1 is 1.38 bits per heavy atom. The van der Waals surface area contributed by atoms with Crippen LogP contribution in [0.15, 0.2) is 36.8 Å². The number of hydrogen-bond acceptors (Lipinski definition) is 5. The van der Waals surface area contributed by atoms with Gasteiger partial charge in [0.2, 0.25) is 0 Å². The maximum atomic E-state index is 10.3. The zero-order chi connectivity index (χ0) is 12.0. The van der Waals surface area contributed by atoms with Gasteiger partial charge in [-0.1, -0.05) is 6.07 Å². The normalized spacial score (nSPS) is 9.31. The molecule has 0 aliphatic heterocycles. The van der Waals surface area contributed by atoms with Gasteiger partial charge >= 0.3 is 11.9 Å². The second-order valence-electron chi connectivity index (χ2n) is 2.72. The second kappa shape index (κ2) is 5.62. The van der Waals surface area contributed by atoms with Crippen molar-refractivity contribution in [2.24, 2.45) is 0 Å². The molecular weight excluding hydrogens is 216 g/mol. The molecule has 0 aliphatic rings. The minimum atomic E-state index is -1.07. The summed E-state index contributed by atoms with van der Waals surface area (Å²) in [6, 6.07) is 6.17. The first-order chi connectivity index (χ1) is 7.61. The lowest BCUT2D eigenvalue weighted by atomic mass is 10.3. The van der Waals surface area contributed by atoms with E-state index in [2.05, 4.69) is 11.5 Å². The summed E-state index contributed by atoms with van der Waals surface area (Å²) in [5.74, 6) is -0.739. The summed E-state index contributed by atoms with van der Waals surface area (Å²) in [5.41, 5.74) is 0. The number of benzene rings is 1. The topological polar surface area (TPSA) is 85.2 Å². The van der Waals surface area contributed by atoms with Crippen LogP contribution in [0.3, 0.4) is 0 Å². The number of hydrogen-bond donors (Lipinski definition) is 2. The van der Waals surface area contributed by atoms with Crippen molar-refractivity contribution in [3.05, 3.63) is 36.8 Å². The molecule has 0 spiro atoms. The van der Waals surface area contributed by atoms with Gasteiger partial charge in [0.1, 0.15) is 11.5 Å². The molecule has 16 heavy (non-hydrogen) atoms. The molecule has 0 atom stereocenters. The van der Waals surface area contributed by atoms with Crippen LogP contribution in [0.1, 0.15) is 0 Å². The average molecular weight is 226 g/mol. The third-order valence-electron chi connectivity index (χ3n) is 1.50. The minimum Gasteiger partial charge on any atom is -0.482 e. The van der Waals surface area contributed by atoms with Crippen molar-refractivity contribution in [3.63, 3.8) is 0 Å². The molecule has 0 aliphatic carbocycles. The molecule has 2 N–H and O–H groups in total. The monoisotopic (exact) mass is 226 g/mol. The van der Waals surface area contributed by atoms with Crippen molar-refractivity contribution in [1.82, 2.24) is 0 Å². The summed E-state index contributed by atoms with van der Waals surface area (Å²) >= 11 is 0. The van der Waals surface area contributed by atoms with Crippen LogP contribution in [0.4, 0.5) is 0 Å². The molecule has 86 valence electrons. The number of carboxylic acids is 1. The first-order valence-electron chi connectivity index (χ1n) is 4.24. The van der Waals surface area contributed by atoms with Crippen molar-refractivity contribution in [2.45, 2.75) is 0 Å². The van der Waals surface area contributed by atoms with Crippen LogP contribution < -0.4 is 9.47 Å². The van der Waals surface area contributed by atoms with Crippen molar-refractivity contribution < 1.29 is 29.5 Å². The Morgan fingerprint density at radius 3 is 2.69 bits per heavy atom. The van der Waals surface area contributed by atoms with Gasteiger partial charge < -0.3 is 19.5 Å². The van der Waals surface area contributed by atoms with Crippen LogP contribution in [0.2, 0.25) is 0 Å². The number of rotatable bonds is 6. The van der Waals surface area contributed by atoms with Gasteiger partial charge in [0, 0.05) is 6.07 Å². The highest BCUT2D eigenvalue weighted by Gasteiger charge is 2.03. The Kier molecular flexibility index (Phi) is 4.16. The summed E-state index contributed by atoms with van der Waals surface area (Å²) in [5, 5.41) is 16.6. The standard InChI is InChI=1S/C10H10O6/c1-7(16-13)15-9-4-2-3-8(5-9)14-6-10(11)12/h2-5,13H,1,6H2,(H,11,12). The third kappa shape index (κ3) is 3.89. The number of aliphatic carboxylic acids is 1. The van der Waals surface area contributed by atoms with Crippen LogP contribution in [0.5, 0.6) is 11.5 Å². The first kappa shape index (κ1) is 11.9. The summed E-state index contributed by atoms with van der Waals surface area (Å²) < 4.78 is 9.83. The van der Waals surface area contributed by atoms with Crippen molar-refractivity contribution in [3.8, 4) is 11.5 Å². The molecule has 1 aromatic rings. The molecule has 0 bridgehead atoms. The maximum absolute atomic E-state index is 10.3. The van der Waals surface area contributed by atoms with E-state index in [1.54, 1.807) is 18.2 Å². The fourth-order valence-corrected chi connectivity index (χ4v) is 0.923. The molecule has 1 aromatic carbocycles. The Balaban J connectivity index is 2.63. The van der Waals surface area contributed by atoms with Crippen molar-refractivity contribution in [2.75, 3.05) is 6.61 Å². The fraction of sp³-hybridized carbons (Fsp3) is 0.100. The largest absolute Gasteiger partial charge is 0.482 e. The molecule has 0 saturated carbocycles. The van der Waals surface area contributed by atoms with E-state index in [0.29, 0.717) is 11.5 Å². The van der Waals surface area contributed by atoms with E-state index in [-0.39, 0.29) is 5.95 Å². The molecule has 0 heterocycles. The van der Waals surface area contributed by atoms with E-state index < -0.39 is 12.6 Å². The van der Waals surface area contributed by atoms with E-state index in [4.69, 9.17) is 19.8 Å². The molecule has 6 heteroatoms. The zero-order valence-corrected chi connectivity index (χ0v) is 8.25. The quantitative estimate of drug-likeness (QED) is 0.434. The number of carbonyl (C=O) groups is 1. The Labute approximate surface area is 91.2 Å². The highest BCUT2D eigenvalue weighted by Crippen LogP contribution is 2.20. The predicted molar refractivity (Wildman–Crippen MR) is 53.1 cm³/mol. The van der Waals surface area contributed by atoms with Gasteiger partial charge in [-0.25, -0.2) is 4.79 Å². The lowest BCUT2D eigenvalue weighted by Crippen LogP contribution is -2.09. The maximum Gasteiger partial charge on any atom is 0.341 e. The molecule has 1 rings (SSSR count). The summed E-state index contributed by atoms with van der Waals surface area (Å²) in [7, 11) is 0. The summed E-state index contributed by atoms with van der Waals surface area (Å²) in [6.07, 6.45) is 0. The smallest absolute Gasteiger partial charge is 0.341 e. The Bertz CT molecular complexity index is 387. The lowest BCUT2D eigenvalue weighted by molar-refractivity contribution is -0.230. The predicted octanol–water partition coefficient (Wildman–Crippen LogP) is 1.49. The van der Waals surface area contributed by atoms with Gasteiger partial charge in [-0.2, -0.15) is 5.26 Å². The highest BCUT2D eigenvalue weighted by molar-refractivity contribution is 5.68. The Morgan fingerprint density at radius 2 is 2.06 bits per heavy atom. The second-order valence-corrected chi connectivity index (χ2v) is 2.72. The van der Waals surface area contributed by atoms with Crippen molar-refractivity contribution in [1.29, 1.82) is 0 Å². The molecular formula is C10H10O6. The molecule has 6 nitrogen and oxygen atoms in total. The molecule has 0 aromatic heterocycles. The van der Waals surface area contributed by atoms with Crippen LogP contribution >= 0.6 is 0 Å². The third-order valence-corrected chi connectivity index (χ3v) is 1.50. The van der Waals surface area contributed by atoms with Gasteiger partial charge in [0.15, 0.2) is 6.61 Å². The van der Waals surface area contributed by atoms with E-state index in [0.717, 1.165) is 0 Å².